The Bertz CT molecular complexity index is 648. The van der Waals surface area contributed by atoms with E-state index < -0.39 is 0 Å². The monoisotopic (exact) mass is 269 g/mol. The summed E-state index contributed by atoms with van der Waals surface area (Å²) in [5.41, 5.74) is 7.48. The Morgan fingerprint density at radius 1 is 1.40 bits per heavy atom. The van der Waals surface area contributed by atoms with E-state index in [0.717, 1.165) is 11.1 Å². The van der Waals surface area contributed by atoms with Crippen molar-refractivity contribution in [3.05, 3.63) is 52.9 Å². The molecule has 1 aromatic heterocycles. The first-order valence-corrected chi connectivity index (χ1v) is 6.18. The van der Waals surface area contributed by atoms with Gasteiger partial charge in [-0.05, 0) is 24.6 Å². The number of hydrogen-bond donors (Lipinski definition) is 2. The van der Waals surface area contributed by atoms with E-state index in [1.807, 2.05) is 24.3 Å². The number of hydrogen-bond acceptors (Lipinski definition) is 4. The molecular weight excluding hydrogens is 254 g/mol. The third-order valence-corrected chi connectivity index (χ3v) is 2.60. The quantitative estimate of drug-likeness (QED) is 0.821. The lowest BCUT2D eigenvalue weighted by molar-refractivity contribution is 0.0942. The second kappa shape index (κ2) is 6.55. The van der Waals surface area contributed by atoms with E-state index in [2.05, 4.69) is 22.3 Å². The molecule has 102 valence electrons. The number of nitrogens with zero attached hydrogens (tertiary/aromatic N) is 1. The summed E-state index contributed by atoms with van der Waals surface area (Å²) in [5, 5.41) is 6.43. The topological polar surface area (TPSA) is 81.2 Å². The van der Waals surface area contributed by atoms with Crippen LogP contribution in [0.15, 0.2) is 34.9 Å². The number of carbonyl (C=O) groups excluding carboxylic acids is 1. The molecule has 5 nitrogen and oxygen atoms in total. The molecule has 3 N–H and O–H groups in total. The molecule has 0 bridgehead atoms. The van der Waals surface area contributed by atoms with E-state index in [1.54, 1.807) is 13.0 Å². The number of carbonyl (C=O) groups is 1. The van der Waals surface area contributed by atoms with E-state index in [9.17, 15) is 4.79 Å². The van der Waals surface area contributed by atoms with Gasteiger partial charge < -0.3 is 15.6 Å². The van der Waals surface area contributed by atoms with Crippen molar-refractivity contribution >= 4 is 5.91 Å². The van der Waals surface area contributed by atoms with Crippen molar-refractivity contribution in [2.24, 2.45) is 5.73 Å². The zero-order valence-corrected chi connectivity index (χ0v) is 11.1. The normalized spacial score (nSPS) is 9.70. The van der Waals surface area contributed by atoms with Crippen molar-refractivity contribution in [3.8, 4) is 11.8 Å². The van der Waals surface area contributed by atoms with Crippen molar-refractivity contribution in [2.45, 2.75) is 13.5 Å². The molecule has 0 saturated carbocycles. The maximum Gasteiger partial charge on any atom is 0.273 e. The number of aryl methyl sites for hydroxylation is 1. The Morgan fingerprint density at radius 3 is 2.75 bits per heavy atom. The van der Waals surface area contributed by atoms with Crippen LogP contribution < -0.4 is 11.1 Å². The molecule has 0 unspecified atom stereocenters. The van der Waals surface area contributed by atoms with Gasteiger partial charge >= 0.3 is 0 Å². The number of nitrogens with two attached hydrogens (primary N) is 1. The van der Waals surface area contributed by atoms with Gasteiger partial charge in [0, 0.05) is 18.2 Å². The highest BCUT2D eigenvalue weighted by Crippen LogP contribution is 2.05. The molecule has 20 heavy (non-hydrogen) atoms. The molecule has 2 aromatic rings. The predicted octanol–water partition coefficient (Wildman–Crippen LogP) is 1.22. The maximum atomic E-state index is 11.8. The molecule has 0 fully saturated rings. The van der Waals surface area contributed by atoms with Gasteiger partial charge in [0.2, 0.25) is 0 Å². The summed E-state index contributed by atoms with van der Waals surface area (Å²) >= 11 is 0. The summed E-state index contributed by atoms with van der Waals surface area (Å²) in [6, 6.07) is 9.21. The van der Waals surface area contributed by atoms with Gasteiger partial charge in [-0.1, -0.05) is 29.1 Å². The second-order valence-electron chi connectivity index (χ2n) is 4.21. The highest BCUT2D eigenvalue weighted by Gasteiger charge is 2.09. The van der Waals surface area contributed by atoms with Crippen LogP contribution in [-0.4, -0.2) is 17.6 Å². The Labute approximate surface area is 117 Å². The number of aromatic nitrogens is 1. The zero-order chi connectivity index (χ0) is 14.4. The Hall–Kier alpha value is -2.58. The number of rotatable bonds is 3. The van der Waals surface area contributed by atoms with Crippen molar-refractivity contribution in [3.63, 3.8) is 0 Å². The van der Waals surface area contributed by atoms with Gasteiger partial charge in [0.05, 0.1) is 6.54 Å². The van der Waals surface area contributed by atoms with Crippen LogP contribution in [0.4, 0.5) is 0 Å². The smallest absolute Gasteiger partial charge is 0.273 e. The summed E-state index contributed by atoms with van der Waals surface area (Å²) < 4.78 is 4.85. The molecule has 1 heterocycles. The number of amides is 1. The summed E-state index contributed by atoms with van der Waals surface area (Å²) in [6.07, 6.45) is 0. The van der Waals surface area contributed by atoms with E-state index in [4.69, 9.17) is 10.3 Å². The van der Waals surface area contributed by atoms with Crippen molar-refractivity contribution in [2.75, 3.05) is 6.54 Å². The highest BCUT2D eigenvalue weighted by molar-refractivity contribution is 5.92. The first-order valence-electron chi connectivity index (χ1n) is 6.18. The molecule has 0 radical (unpaired) electrons. The van der Waals surface area contributed by atoms with Crippen molar-refractivity contribution in [1.29, 1.82) is 0 Å². The van der Waals surface area contributed by atoms with Gasteiger partial charge in [0.25, 0.3) is 5.91 Å². The molecule has 0 atom stereocenters. The van der Waals surface area contributed by atoms with E-state index in [0.29, 0.717) is 18.8 Å². The van der Waals surface area contributed by atoms with Gasteiger partial charge in [0.15, 0.2) is 5.69 Å². The SMILES string of the molecule is Cc1cc(C(=O)NCc2ccc(C#CCN)cc2)no1. The average Bonchev–Trinajstić information content (AvgIpc) is 2.90. The standard InChI is InChI=1S/C15H15N3O2/c1-11-9-14(18-20-11)15(19)17-10-13-6-4-12(5-7-13)3-2-8-16/h4-7,9H,8,10,16H2,1H3,(H,17,19). The van der Waals surface area contributed by atoms with Crippen LogP contribution in [0.5, 0.6) is 0 Å². The van der Waals surface area contributed by atoms with Crippen LogP contribution in [0, 0.1) is 18.8 Å². The molecular formula is C15H15N3O2. The lowest BCUT2D eigenvalue weighted by Crippen LogP contribution is -2.23. The van der Waals surface area contributed by atoms with Gasteiger partial charge in [0.1, 0.15) is 5.76 Å². The molecule has 5 heteroatoms. The van der Waals surface area contributed by atoms with Crippen LogP contribution in [0.25, 0.3) is 0 Å². The number of nitrogens with one attached hydrogen (secondary N) is 1. The Balaban J connectivity index is 1.92. The van der Waals surface area contributed by atoms with Crippen molar-refractivity contribution in [1.82, 2.24) is 10.5 Å². The first kappa shape index (κ1) is 13.8. The minimum atomic E-state index is -0.256. The van der Waals surface area contributed by atoms with Crippen LogP contribution in [-0.2, 0) is 6.54 Å². The molecule has 0 aliphatic rings. The fourth-order valence-corrected chi connectivity index (χ4v) is 1.61. The fraction of sp³-hybridized carbons (Fsp3) is 0.200. The molecule has 0 spiro atoms. The van der Waals surface area contributed by atoms with E-state index >= 15 is 0 Å². The zero-order valence-electron chi connectivity index (χ0n) is 11.1. The van der Waals surface area contributed by atoms with Gasteiger partial charge in [-0.15, -0.1) is 0 Å². The predicted molar refractivity (Wildman–Crippen MR) is 74.8 cm³/mol. The lowest BCUT2D eigenvalue weighted by Gasteiger charge is -2.03. The van der Waals surface area contributed by atoms with Gasteiger partial charge in [-0.25, -0.2) is 0 Å². The molecule has 0 aliphatic carbocycles. The fourth-order valence-electron chi connectivity index (χ4n) is 1.61. The van der Waals surface area contributed by atoms with Crippen LogP contribution in [0.3, 0.4) is 0 Å². The molecule has 2 rings (SSSR count). The minimum absolute atomic E-state index is 0.256. The van der Waals surface area contributed by atoms with E-state index in [-0.39, 0.29) is 11.6 Å². The van der Waals surface area contributed by atoms with Crippen LogP contribution >= 0.6 is 0 Å². The number of benzene rings is 1. The lowest BCUT2D eigenvalue weighted by atomic mass is 10.1. The van der Waals surface area contributed by atoms with E-state index in [1.165, 1.54) is 0 Å². The second-order valence-corrected chi connectivity index (χ2v) is 4.21. The largest absolute Gasteiger partial charge is 0.361 e. The average molecular weight is 269 g/mol. The summed E-state index contributed by atoms with van der Waals surface area (Å²) in [7, 11) is 0. The molecule has 1 aromatic carbocycles. The Kier molecular flexibility index (Phi) is 4.53. The summed E-state index contributed by atoms with van der Waals surface area (Å²) in [6.45, 7) is 2.51. The highest BCUT2D eigenvalue weighted by atomic mass is 16.5. The minimum Gasteiger partial charge on any atom is -0.361 e. The van der Waals surface area contributed by atoms with Crippen molar-refractivity contribution < 1.29 is 9.32 Å². The first-order chi connectivity index (χ1) is 9.69. The van der Waals surface area contributed by atoms with Gasteiger partial charge in [-0.3, -0.25) is 4.79 Å². The molecule has 1 amide bonds. The molecule has 0 aliphatic heterocycles. The summed E-state index contributed by atoms with van der Waals surface area (Å²) in [4.78, 5) is 11.8. The Morgan fingerprint density at radius 2 is 2.15 bits per heavy atom. The maximum absolute atomic E-state index is 11.8. The third-order valence-electron chi connectivity index (χ3n) is 2.60. The van der Waals surface area contributed by atoms with Crippen LogP contribution in [0.2, 0.25) is 0 Å². The molecule has 0 saturated heterocycles. The summed E-state index contributed by atoms with van der Waals surface area (Å²) in [5.74, 6) is 6.08. The third kappa shape index (κ3) is 3.70. The van der Waals surface area contributed by atoms with Crippen LogP contribution in [0.1, 0.15) is 27.4 Å². The van der Waals surface area contributed by atoms with Gasteiger partial charge in [-0.2, -0.15) is 0 Å².